The van der Waals surface area contributed by atoms with E-state index in [0.717, 1.165) is 6.42 Å². The molecule has 0 saturated heterocycles. The predicted molar refractivity (Wildman–Crippen MR) is 75.3 cm³/mol. The first-order valence-corrected chi connectivity index (χ1v) is 6.78. The minimum absolute atomic E-state index is 0.00244. The molecular formula is C13H25N3O4. The van der Waals surface area contributed by atoms with Crippen molar-refractivity contribution in [2.24, 2.45) is 5.92 Å². The molecule has 7 heteroatoms. The fraction of sp³-hybridized carbons (Fsp3) is 0.769. The van der Waals surface area contributed by atoms with Gasteiger partial charge in [-0.1, -0.05) is 20.8 Å². The van der Waals surface area contributed by atoms with Gasteiger partial charge in [-0.3, -0.25) is 9.59 Å². The van der Waals surface area contributed by atoms with Crippen LogP contribution in [-0.2, 0) is 9.59 Å². The van der Waals surface area contributed by atoms with Crippen LogP contribution in [0.2, 0.25) is 0 Å². The SMILES string of the molecule is CCCNC(=O)CN(C)C(=O)NC(CC(=O)O)C(C)C. The number of carboxylic acids is 1. The molecule has 0 fully saturated rings. The molecule has 3 N–H and O–H groups in total. The number of amides is 3. The highest BCUT2D eigenvalue weighted by Crippen LogP contribution is 2.06. The maximum atomic E-state index is 11.9. The smallest absolute Gasteiger partial charge is 0.317 e. The molecule has 0 spiro atoms. The molecule has 0 aliphatic rings. The Hall–Kier alpha value is -1.79. The van der Waals surface area contributed by atoms with Gasteiger partial charge in [0.05, 0.1) is 6.42 Å². The lowest BCUT2D eigenvalue weighted by Gasteiger charge is -2.24. The van der Waals surface area contributed by atoms with Gasteiger partial charge in [0.25, 0.3) is 0 Å². The van der Waals surface area contributed by atoms with Crippen molar-refractivity contribution in [3.8, 4) is 0 Å². The molecule has 0 bridgehead atoms. The van der Waals surface area contributed by atoms with Crippen molar-refractivity contribution in [3.63, 3.8) is 0 Å². The Kier molecular flexibility index (Phi) is 8.35. The van der Waals surface area contributed by atoms with Crippen molar-refractivity contribution < 1.29 is 19.5 Å². The van der Waals surface area contributed by atoms with E-state index in [-0.39, 0.29) is 24.8 Å². The van der Waals surface area contributed by atoms with Crippen LogP contribution in [0.4, 0.5) is 4.79 Å². The molecule has 1 atom stereocenters. The van der Waals surface area contributed by atoms with E-state index in [0.29, 0.717) is 6.54 Å². The van der Waals surface area contributed by atoms with Crippen LogP contribution in [0.3, 0.4) is 0 Å². The van der Waals surface area contributed by atoms with Crippen molar-refractivity contribution in [3.05, 3.63) is 0 Å². The van der Waals surface area contributed by atoms with Crippen molar-refractivity contribution in [1.82, 2.24) is 15.5 Å². The molecule has 0 aromatic heterocycles. The molecule has 0 heterocycles. The van der Waals surface area contributed by atoms with Crippen LogP contribution in [-0.4, -0.2) is 54.1 Å². The zero-order valence-corrected chi connectivity index (χ0v) is 12.6. The van der Waals surface area contributed by atoms with Crippen LogP contribution in [0.25, 0.3) is 0 Å². The molecule has 0 aliphatic carbocycles. The number of aliphatic carboxylic acids is 1. The van der Waals surface area contributed by atoms with Gasteiger partial charge in [0.1, 0.15) is 6.54 Å². The number of nitrogens with zero attached hydrogens (tertiary/aromatic N) is 1. The Balaban J connectivity index is 4.34. The highest BCUT2D eigenvalue weighted by molar-refractivity contribution is 5.84. The number of carbonyl (C=O) groups is 3. The first-order chi connectivity index (χ1) is 9.27. The summed E-state index contributed by atoms with van der Waals surface area (Å²) >= 11 is 0. The Morgan fingerprint density at radius 3 is 2.30 bits per heavy atom. The molecule has 20 heavy (non-hydrogen) atoms. The lowest BCUT2D eigenvalue weighted by molar-refractivity contribution is -0.137. The molecular weight excluding hydrogens is 262 g/mol. The van der Waals surface area contributed by atoms with Gasteiger partial charge in [0, 0.05) is 19.6 Å². The molecule has 7 nitrogen and oxygen atoms in total. The zero-order valence-electron chi connectivity index (χ0n) is 12.6. The van der Waals surface area contributed by atoms with E-state index in [1.54, 1.807) is 0 Å². The zero-order chi connectivity index (χ0) is 15.7. The lowest BCUT2D eigenvalue weighted by Crippen LogP contribution is -2.48. The molecule has 0 aliphatic heterocycles. The lowest BCUT2D eigenvalue weighted by atomic mass is 10.0. The summed E-state index contributed by atoms with van der Waals surface area (Å²) in [7, 11) is 1.50. The maximum absolute atomic E-state index is 11.9. The molecule has 0 aromatic carbocycles. The van der Waals surface area contributed by atoms with Gasteiger partial charge in [-0.15, -0.1) is 0 Å². The van der Waals surface area contributed by atoms with Crippen molar-refractivity contribution in [1.29, 1.82) is 0 Å². The van der Waals surface area contributed by atoms with E-state index in [1.165, 1.54) is 11.9 Å². The Labute approximate surface area is 119 Å². The Morgan fingerprint density at radius 1 is 1.25 bits per heavy atom. The van der Waals surface area contributed by atoms with Crippen LogP contribution in [0.1, 0.15) is 33.6 Å². The molecule has 0 rings (SSSR count). The van der Waals surface area contributed by atoms with Gasteiger partial charge < -0.3 is 20.6 Å². The average Bonchev–Trinajstić information content (AvgIpc) is 2.34. The molecule has 0 saturated carbocycles. The number of nitrogens with one attached hydrogen (secondary N) is 2. The number of hydrogen-bond donors (Lipinski definition) is 3. The molecule has 0 radical (unpaired) electrons. The maximum Gasteiger partial charge on any atom is 0.317 e. The van der Waals surface area contributed by atoms with Gasteiger partial charge >= 0.3 is 12.0 Å². The predicted octanol–water partition coefficient (Wildman–Crippen LogP) is 0.653. The monoisotopic (exact) mass is 287 g/mol. The third-order valence-corrected chi connectivity index (χ3v) is 2.81. The van der Waals surface area contributed by atoms with E-state index < -0.39 is 18.0 Å². The quantitative estimate of drug-likeness (QED) is 0.610. The number of rotatable bonds is 8. The summed E-state index contributed by atoms with van der Waals surface area (Å²) < 4.78 is 0. The first kappa shape index (κ1) is 18.2. The average molecular weight is 287 g/mol. The van der Waals surface area contributed by atoms with Gasteiger partial charge in [-0.2, -0.15) is 0 Å². The Morgan fingerprint density at radius 2 is 1.85 bits per heavy atom. The third kappa shape index (κ3) is 7.60. The molecule has 3 amide bonds. The summed E-state index contributed by atoms with van der Waals surface area (Å²) in [5, 5.41) is 14.1. The highest BCUT2D eigenvalue weighted by Gasteiger charge is 2.21. The van der Waals surface area contributed by atoms with E-state index in [2.05, 4.69) is 10.6 Å². The van der Waals surface area contributed by atoms with Crippen LogP contribution in [0.15, 0.2) is 0 Å². The summed E-state index contributed by atoms with van der Waals surface area (Å²) in [5.41, 5.74) is 0. The minimum Gasteiger partial charge on any atom is -0.481 e. The summed E-state index contributed by atoms with van der Waals surface area (Å²) in [6, 6.07) is -0.905. The summed E-state index contributed by atoms with van der Waals surface area (Å²) in [4.78, 5) is 35.3. The van der Waals surface area contributed by atoms with Crippen LogP contribution in [0, 0.1) is 5.92 Å². The van der Waals surface area contributed by atoms with Gasteiger partial charge in [-0.25, -0.2) is 4.79 Å². The summed E-state index contributed by atoms with van der Waals surface area (Å²) in [6.07, 6.45) is 0.689. The highest BCUT2D eigenvalue weighted by atomic mass is 16.4. The van der Waals surface area contributed by atoms with Crippen LogP contribution < -0.4 is 10.6 Å². The van der Waals surface area contributed by atoms with Gasteiger partial charge in [0.15, 0.2) is 0 Å². The molecule has 1 unspecified atom stereocenters. The minimum atomic E-state index is -0.965. The second-order valence-corrected chi connectivity index (χ2v) is 5.10. The number of carboxylic acid groups (broad SMARTS) is 1. The second kappa shape index (κ2) is 9.17. The van der Waals surface area contributed by atoms with Gasteiger partial charge in [0.2, 0.25) is 5.91 Å². The molecule has 116 valence electrons. The van der Waals surface area contributed by atoms with E-state index in [9.17, 15) is 14.4 Å². The Bertz CT molecular complexity index is 345. The number of hydrogen-bond acceptors (Lipinski definition) is 3. The van der Waals surface area contributed by atoms with Crippen molar-refractivity contribution >= 4 is 17.9 Å². The fourth-order valence-corrected chi connectivity index (χ4v) is 1.52. The standard InChI is InChI=1S/C13H25N3O4/c1-5-6-14-11(17)8-16(4)13(20)15-10(9(2)3)7-12(18)19/h9-10H,5-8H2,1-4H3,(H,14,17)(H,15,20)(H,18,19). The fourth-order valence-electron chi connectivity index (χ4n) is 1.52. The van der Waals surface area contributed by atoms with Crippen molar-refractivity contribution in [2.45, 2.75) is 39.7 Å². The summed E-state index contributed by atoms with van der Waals surface area (Å²) in [6.45, 7) is 6.13. The summed E-state index contributed by atoms with van der Waals surface area (Å²) in [5.74, 6) is -1.20. The van der Waals surface area contributed by atoms with E-state index in [1.807, 2.05) is 20.8 Å². The number of likely N-dealkylation sites (N-methyl/N-ethyl adjacent to an activating group) is 1. The topological polar surface area (TPSA) is 98.7 Å². The second-order valence-electron chi connectivity index (χ2n) is 5.10. The van der Waals surface area contributed by atoms with Crippen molar-refractivity contribution in [2.75, 3.05) is 20.1 Å². The van der Waals surface area contributed by atoms with Crippen LogP contribution in [0.5, 0.6) is 0 Å². The van der Waals surface area contributed by atoms with Crippen LogP contribution >= 0.6 is 0 Å². The normalized spacial score (nSPS) is 11.8. The third-order valence-electron chi connectivity index (χ3n) is 2.81. The van der Waals surface area contributed by atoms with Gasteiger partial charge in [-0.05, 0) is 12.3 Å². The molecule has 0 aromatic rings. The van der Waals surface area contributed by atoms with E-state index in [4.69, 9.17) is 5.11 Å². The first-order valence-electron chi connectivity index (χ1n) is 6.78. The number of carbonyl (C=O) groups excluding carboxylic acids is 2. The largest absolute Gasteiger partial charge is 0.481 e. The van der Waals surface area contributed by atoms with E-state index >= 15 is 0 Å². The number of urea groups is 1.